The highest BCUT2D eigenvalue weighted by Crippen LogP contribution is 2.33. The summed E-state index contributed by atoms with van der Waals surface area (Å²) in [4.78, 5) is 54.8. The summed E-state index contributed by atoms with van der Waals surface area (Å²) in [6.07, 6.45) is 1.17. The van der Waals surface area contributed by atoms with Gasteiger partial charge in [0.2, 0.25) is 5.91 Å². The van der Waals surface area contributed by atoms with Crippen LogP contribution in [0.4, 0.5) is 10.5 Å². The van der Waals surface area contributed by atoms with Crippen LogP contribution in [0.25, 0.3) is 0 Å². The molecule has 2 aromatic rings. The highest BCUT2D eigenvalue weighted by Gasteiger charge is 2.34. The number of aliphatic carboxylic acids is 1. The molecule has 1 aromatic heterocycles. The van der Waals surface area contributed by atoms with Crippen molar-refractivity contribution in [1.82, 2.24) is 15.3 Å². The average molecular weight is 473 g/mol. The number of nitrogens with zero attached hydrogens (tertiary/aromatic N) is 1. The van der Waals surface area contributed by atoms with Gasteiger partial charge in [-0.1, -0.05) is 19.9 Å². The summed E-state index contributed by atoms with van der Waals surface area (Å²) in [5.41, 5.74) is 6.36. The summed E-state index contributed by atoms with van der Waals surface area (Å²) in [5, 5.41) is 14.5. The van der Waals surface area contributed by atoms with Crippen molar-refractivity contribution >= 4 is 29.6 Å². The predicted octanol–water partition coefficient (Wildman–Crippen LogP) is 1.15. The quantitative estimate of drug-likeness (QED) is 0.340. The summed E-state index contributed by atoms with van der Waals surface area (Å²) in [6.45, 7) is 3.89. The van der Waals surface area contributed by atoms with E-state index in [2.05, 4.69) is 20.6 Å². The van der Waals surface area contributed by atoms with E-state index in [1.807, 2.05) is 13.8 Å². The Morgan fingerprint density at radius 3 is 2.71 bits per heavy atom. The number of primary amides is 1. The first-order valence-electron chi connectivity index (χ1n) is 10.7. The Morgan fingerprint density at radius 1 is 1.32 bits per heavy atom. The molecule has 0 bridgehead atoms. The number of imidazole rings is 1. The third-order valence-electron chi connectivity index (χ3n) is 5.08. The number of carboxylic acid groups (broad SMARTS) is 1. The molecule has 3 atom stereocenters. The number of aromatic amines is 1. The second kappa shape index (κ2) is 10.7. The summed E-state index contributed by atoms with van der Waals surface area (Å²) in [6, 6.07) is 3.55. The Balaban J connectivity index is 1.68. The van der Waals surface area contributed by atoms with Gasteiger partial charge in [0, 0.05) is 25.2 Å². The Bertz CT molecular complexity index is 1050. The molecule has 6 N–H and O–H groups in total. The van der Waals surface area contributed by atoms with Crippen molar-refractivity contribution in [2.24, 2.45) is 11.7 Å². The average Bonchev–Trinajstić information content (AvgIpc) is 3.30. The molecule has 12 nitrogen and oxygen atoms in total. The molecule has 3 amide bonds. The first-order chi connectivity index (χ1) is 16.1. The normalized spacial score (nSPS) is 16.6. The molecule has 1 aliphatic rings. The van der Waals surface area contributed by atoms with Crippen molar-refractivity contribution in [1.29, 1.82) is 0 Å². The Kier molecular flexibility index (Phi) is 7.71. The molecular formula is C22H27N5O7. The number of carboxylic acids is 1. The van der Waals surface area contributed by atoms with E-state index in [1.165, 1.54) is 6.20 Å². The van der Waals surface area contributed by atoms with Gasteiger partial charge < -0.3 is 35.9 Å². The van der Waals surface area contributed by atoms with Gasteiger partial charge in [0.25, 0.3) is 5.91 Å². The molecule has 3 rings (SSSR count). The van der Waals surface area contributed by atoms with E-state index in [4.69, 9.17) is 15.2 Å². The lowest BCUT2D eigenvalue weighted by atomic mass is 9.98. The van der Waals surface area contributed by atoms with Crippen LogP contribution in [0.1, 0.15) is 37.6 Å². The number of hydrogen-bond donors (Lipinski definition) is 5. The maximum atomic E-state index is 12.6. The van der Waals surface area contributed by atoms with Gasteiger partial charge in [0.05, 0.1) is 18.2 Å². The summed E-state index contributed by atoms with van der Waals surface area (Å²) >= 11 is 0. The predicted molar refractivity (Wildman–Crippen MR) is 119 cm³/mol. The third kappa shape index (κ3) is 6.24. The van der Waals surface area contributed by atoms with Gasteiger partial charge in [-0.25, -0.2) is 14.6 Å². The largest absolute Gasteiger partial charge is 0.480 e. The first-order valence-corrected chi connectivity index (χ1v) is 10.7. The summed E-state index contributed by atoms with van der Waals surface area (Å²) in [5.74, 6) is -2.39. The number of nitrogens with one attached hydrogen (secondary N) is 3. The number of carbonyl (C=O) groups excluding carboxylic acids is 3. The molecule has 2 heterocycles. The molecule has 1 unspecified atom stereocenters. The van der Waals surface area contributed by atoms with Crippen molar-refractivity contribution < 1.29 is 33.8 Å². The van der Waals surface area contributed by atoms with Gasteiger partial charge in [0.1, 0.15) is 17.6 Å². The molecule has 182 valence electrons. The van der Waals surface area contributed by atoms with E-state index in [0.717, 1.165) is 0 Å². The fourth-order valence-corrected chi connectivity index (χ4v) is 3.39. The molecule has 1 aromatic carbocycles. The van der Waals surface area contributed by atoms with Crippen LogP contribution in [0.3, 0.4) is 0 Å². The van der Waals surface area contributed by atoms with Gasteiger partial charge in [-0.3, -0.25) is 9.59 Å². The minimum atomic E-state index is -1.23. The van der Waals surface area contributed by atoms with Gasteiger partial charge in [-0.2, -0.15) is 0 Å². The van der Waals surface area contributed by atoms with E-state index in [9.17, 15) is 24.3 Å². The number of aromatic nitrogens is 2. The number of amides is 3. The minimum Gasteiger partial charge on any atom is -0.480 e. The molecule has 1 aliphatic heterocycles. The standard InChI is InChI=1S/C22H27N5O7/c1-11(2)10-33-22(32)27-15(21(30)31)8-12-3-4-16-14(7-12)26-20(29)17(34-16)9-13(18(23)28)19-24-5-6-25-19/h3-7,11,13,15,17H,8-10H2,1-2H3,(H2,23,28)(H,24,25)(H,26,29)(H,27,32)(H,30,31)/t13?,15-,17+/m0/s1. The number of anilines is 1. The zero-order valence-electron chi connectivity index (χ0n) is 18.7. The number of H-pyrrole nitrogens is 1. The number of rotatable bonds is 10. The fraction of sp³-hybridized carbons (Fsp3) is 0.409. The molecule has 12 heteroatoms. The topological polar surface area (TPSA) is 186 Å². The monoisotopic (exact) mass is 473 g/mol. The number of ether oxygens (including phenoxy) is 2. The van der Waals surface area contributed by atoms with Crippen molar-refractivity contribution in [3.63, 3.8) is 0 Å². The van der Waals surface area contributed by atoms with Crippen LogP contribution in [0.5, 0.6) is 5.75 Å². The SMILES string of the molecule is CC(C)COC(=O)N[C@@H](Cc1ccc2c(c1)NC(=O)[C@@H](CC(C(N)=O)c1ncc[nH]1)O2)C(=O)O. The van der Waals surface area contributed by atoms with E-state index in [1.54, 1.807) is 24.4 Å². The lowest BCUT2D eigenvalue weighted by molar-refractivity contribution is -0.139. The molecule has 0 fully saturated rings. The highest BCUT2D eigenvalue weighted by atomic mass is 16.5. The van der Waals surface area contributed by atoms with Gasteiger partial charge >= 0.3 is 12.1 Å². The zero-order valence-corrected chi connectivity index (χ0v) is 18.7. The lowest BCUT2D eigenvalue weighted by Gasteiger charge is -2.28. The van der Waals surface area contributed by atoms with Crippen LogP contribution < -0.4 is 21.1 Å². The van der Waals surface area contributed by atoms with E-state index < -0.39 is 41.9 Å². The lowest BCUT2D eigenvalue weighted by Crippen LogP contribution is -2.43. The van der Waals surface area contributed by atoms with Crippen LogP contribution in [0.2, 0.25) is 0 Å². The maximum Gasteiger partial charge on any atom is 0.407 e. The molecule has 0 saturated carbocycles. The fourth-order valence-electron chi connectivity index (χ4n) is 3.39. The zero-order chi connectivity index (χ0) is 24.8. The van der Waals surface area contributed by atoms with Crippen LogP contribution in [-0.4, -0.2) is 57.7 Å². The van der Waals surface area contributed by atoms with E-state index in [0.29, 0.717) is 22.8 Å². The van der Waals surface area contributed by atoms with E-state index in [-0.39, 0.29) is 25.4 Å². The number of hydrogen-bond acceptors (Lipinski definition) is 7. The Labute approximate surface area is 195 Å². The second-order valence-electron chi connectivity index (χ2n) is 8.32. The Hall–Kier alpha value is -4.09. The minimum absolute atomic E-state index is 0.0145. The highest BCUT2D eigenvalue weighted by molar-refractivity contribution is 5.98. The smallest absolute Gasteiger partial charge is 0.407 e. The van der Waals surface area contributed by atoms with Crippen LogP contribution in [0, 0.1) is 5.92 Å². The number of carbonyl (C=O) groups is 4. The third-order valence-corrected chi connectivity index (χ3v) is 5.08. The molecule has 0 spiro atoms. The van der Waals surface area contributed by atoms with Crippen LogP contribution in [0.15, 0.2) is 30.6 Å². The van der Waals surface area contributed by atoms with Crippen molar-refractivity contribution in [2.45, 2.75) is 44.8 Å². The van der Waals surface area contributed by atoms with Crippen molar-refractivity contribution in [3.05, 3.63) is 42.0 Å². The molecule has 0 radical (unpaired) electrons. The van der Waals surface area contributed by atoms with Gasteiger partial charge in [-0.15, -0.1) is 0 Å². The van der Waals surface area contributed by atoms with Gasteiger partial charge in [-0.05, 0) is 23.6 Å². The van der Waals surface area contributed by atoms with Crippen LogP contribution in [-0.2, 0) is 25.5 Å². The molecule has 34 heavy (non-hydrogen) atoms. The van der Waals surface area contributed by atoms with Crippen LogP contribution >= 0.6 is 0 Å². The molecular weight excluding hydrogens is 446 g/mol. The first kappa shape index (κ1) is 24.6. The number of nitrogens with two attached hydrogens (primary N) is 1. The second-order valence-corrected chi connectivity index (χ2v) is 8.32. The maximum absolute atomic E-state index is 12.6. The van der Waals surface area contributed by atoms with Crippen molar-refractivity contribution in [2.75, 3.05) is 11.9 Å². The van der Waals surface area contributed by atoms with Crippen molar-refractivity contribution in [3.8, 4) is 5.75 Å². The van der Waals surface area contributed by atoms with Gasteiger partial charge in [0.15, 0.2) is 6.10 Å². The molecule has 0 saturated heterocycles. The summed E-state index contributed by atoms with van der Waals surface area (Å²) < 4.78 is 10.8. The molecule has 0 aliphatic carbocycles. The van der Waals surface area contributed by atoms with E-state index >= 15 is 0 Å². The number of alkyl carbamates (subject to hydrolysis) is 1. The summed E-state index contributed by atoms with van der Waals surface area (Å²) in [7, 11) is 0. The number of benzene rings is 1. The number of fused-ring (bicyclic) bond motifs is 1. The Morgan fingerprint density at radius 2 is 2.09 bits per heavy atom.